The second kappa shape index (κ2) is 4.91. The fraction of sp³-hybridized carbons (Fsp3) is 0.429. The van der Waals surface area contributed by atoms with Crippen molar-refractivity contribution in [2.75, 3.05) is 11.9 Å². The van der Waals surface area contributed by atoms with Gasteiger partial charge in [-0.3, -0.25) is 9.59 Å². The maximum absolute atomic E-state index is 11.6. The van der Waals surface area contributed by atoms with E-state index in [1.54, 1.807) is 0 Å². The predicted octanol–water partition coefficient (Wildman–Crippen LogP) is 1.43. The topological polar surface area (TPSA) is 67.4 Å². The second-order valence-electron chi connectivity index (χ2n) is 4.97. The predicted molar refractivity (Wildman–Crippen MR) is 69.8 cm³/mol. The number of rotatable bonds is 3. The third kappa shape index (κ3) is 2.86. The molecule has 2 amide bonds. The van der Waals surface area contributed by atoms with Crippen LogP contribution in [0.1, 0.15) is 24.8 Å². The number of hydrogen-bond donors (Lipinski definition) is 2. The van der Waals surface area contributed by atoms with Crippen LogP contribution in [0.4, 0.5) is 5.69 Å². The van der Waals surface area contributed by atoms with Crippen LogP contribution in [0, 0.1) is 5.92 Å². The molecule has 100 valence electrons. The Balaban J connectivity index is 1.69. The van der Waals surface area contributed by atoms with Crippen molar-refractivity contribution in [2.45, 2.75) is 25.8 Å². The van der Waals surface area contributed by atoms with Gasteiger partial charge in [0.25, 0.3) is 0 Å². The van der Waals surface area contributed by atoms with Gasteiger partial charge in [0, 0.05) is 12.5 Å². The zero-order chi connectivity index (χ0) is 13.2. The maximum atomic E-state index is 11.6. The molecule has 1 aromatic rings. The molecular formula is C14H16N2O3. The highest BCUT2D eigenvalue weighted by Gasteiger charge is 2.29. The van der Waals surface area contributed by atoms with Gasteiger partial charge in [0.05, 0.1) is 18.7 Å². The summed E-state index contributed by atoms with van der Waals surface area (Å²) in [5.41, 5.74) is 1.64. The van der Waals surface area contributed by atoms with Crippen LogP contribution < -0.4 is 15.4 Å². The summed E-state index contributed by atoms with van der Waals surface area (Å²) < 4.78 is 5.48. The van der Waals surface area contributed by atoms with Gasteiger partial charge in [0.1, 0.15) is 5.75 Å². The Labute approximate surface area is 111 Å². The van der Waals surface area contributed by atoms with Crippen LogP contribution in [0.25, 0.3) is 0 Å². The Kier molecular flexibility index (Phi) is 3.11. The van der Waals surface area contributed by atoms with Crippen LogP contribution in [-0.4, -0.2) is 18.4 Å². The highest BCUT2D eigenvalue weighted by atomic mass is 16.5. The number of ether oxygens (including phenoxy) is 1. The third-order valence-electron chi connectivity index (χ3n) is 3.32. The van der Waals surface area contributed by atoms with E-state index in [1.165, 1.54) is 0 Å². The minimum absolute atomic E-state index is 0.0436. The molecule has 0 saturated heterocycles. The van der Waals surface area contributed by atoms with Gasteiger partial charge in [-0.25, -0.2) is 0 Å². The lowest BCUT2D eigenvalue weighted by Crippen LogP contribution is -2.24. The summed E-state index contributed by atoms with van der Waals surface area (Å²) in [5.74, 6) is 0.972. The average molecular weight is 260 g/mol. The highest BCUT2D eigenvalue weighted by molar-refractivity contribution is 5.93. The molecule has 0 aromatic heterocycles. The second-order valence-corrected chi connectivity index (χ2v) is 4.97. The van der Waals surface area contributed by atoms with Crippen molar-refractivity contribution >= 4 is 17.5 Å². The van der Waals surface area contributed by atoms with E-state index >= 15 is 0 Å². The molecule has 1 aliphatic carbocycles. The summed E-state index contributed by atoms with van der Waals surface area (Å²) in [5, 5.41) is 5.71. The number of benzene rings is 1. The van der Waals surface area contributed by atoms with E-state index in [-0.39, 0.29) is 17.7 Å². The van der Waals surface area contributed by atoms with Gasteiger partial charge in [0.15, 0.2) is 0 Å². The summed E-state index contributed by atoms with van der Waals surface area (Å²) >= 11 is 0. The Hall–Kier alpha value is -2.04. The van der Waals surface area contributed by atoms with Crippen molar-refractivity contribution in [1.82, 2.24) is 5.32 Å². The molecule has 1 aliphatic heterocycles. The zero-order valence-corrected chi connectivity index (χ0v) is 10.6. The molecule has 0 unspecified atom stereocenters. The lowest BCUT2D eigenvalue weighted by atomic mass is 10.1. The van der Waals surface area contributed by atoms with Gasteiger partial charge < -0.3 is 15.4 Å². The largest absolute Gasteiger partial charge is 0.491 e. The van der Waals surface area contributed by atoms with E-state index in [9.17, 15) is 9.59 Å². The highest BCUT2D eigenvalue weighted by Crippen LogP contribution is 2.30. The maximum Gasteiger partial charge on any atom is 0.227 e. The van der Waals surface area contributed by atoms with Crippen molar-refractivity contribution < 1.29 is 14.3 Å². The van der Waals surface area contributed by atoms with Gasteiger partial charge >= 0.3 is 0 Å². The Morgan fingerprint density at radius 3 is 3.05 bits per heavy atom. The van der Waals surface area contributed by atoms with Crippen molar-refractivity contribution in [3.63, 3.8) is 0 Å². The number of hydrogen-bond acceptors (Lipinski definition) is 3. The zero-order valence-electron chi connectivity index (χ0n) is 10.6. The molecule has 19 heavy (non-hydrogen) atoms. The minimum Gasteiger partial charge on any atom is -0.491 e. The summed E-state index contributed by atoms with van der Waals surface area (Å²) in [6.45, 7) is 0.884. The summed E-state index contributed by atoms with van der Waals surface area (Å²) in [6.07, 6.45) is 2.36. The number of nitrogens with one attached hydrogen (secondary N) is 2. The Morgan fingerprint density at radius 2 is 2.26 bits per heavy atom. The van der Waals surface area contributed by atoms with Crippen LogP contribution in [0.2, 0.25) is 0 Å². The fourth-order valence-electron chi connectivity index (χ4n) is 2.06. The van der Waals surface area contributed by atoms with Crippen LogP contribution in [0.3, 0.4) is 0 Å². The van der Waals surface area contributed by atoms with E-state index in [4.69, 9.17) is 4.74 Å². The molecule has 2 N–H and O–H groups in total. The van der Waals surface area contributed by atoms with Crippen LogP contribution in [-0.2, 0) is 16.1 Å². The number of fused-ring (bicyclic) bond motifs is 1. The molecule has 0 radical (unpaired) electrons. The van der Waals surface area contributed by atoms with Crippen molar-refractivity contribution in [1.29, 1.82) is 0 Å². The smallest absolute Gasteiger partial charge is 0.227 e. The van der Waals surface area contributed by atoms with Crippen LogP contribution in [0.5, 0.6) is 5.75 Å². The van der Waals surface area contributed by atoms with Crippen molar-refractivity contribution in [2.24, 2.45) is 5.92 Å². The Morgan fingerprint density at radius 1 is 1.42 bits per heavy atom. The van der Waals surface area contributed by atoms with Gasteiger partial charge in [-0.05, 0) is 30.5 Å². The van der Waals surface area contributed by atoms with Crippen molar-refractivity contribution in [3.8, 4) is 5.75 Å². The first-order valence-electron chi connectivity index (χ1n) is 6.55. The van der Waals surface area contributed by atoms with Crippen molar-refractivity contribution in [3.05, 3.63) is 23.8 Å². The van der Waals surface area contributed by atoms with Crippen LogP contribution in [0.15, 0.2) is 18.2 Å². The number of carbonyl (C=O) groups is 2. The molecule has 0 atom stereocenters. The average Bonchev–Trinajstić information content (AvgIpc) is 3.22. The molecule has 5 heteroatoms. The van der Waals surface area contributed by atoms with E-state index in [2.05, 4.69) is 10.6 Å². The normalized spacial score (nSPS) is 17.8. The van der Waals surface area contributed by atoms with Crippen LogP contribution >= 0.6 is 0 Å². The number of amides is 2. The van der Waals surface area contributed by atoms with Gasteiger partial charge in [0.2, 0.25) is 11.8 Å². The standard InChI is InChI=1S/C14H16N2O3/c17-13-5-6-19-12-4-1-9(7-11(12)16-13)8-15-14(18)10-2-3-10/h1,4,7,10H,2-3,5-6,8H2,(H,15,18)(H,16,17). The summed E-state index contributed by atoms with van der Waals surface area (Å²) in [6, 6.07) is 5.59. The van der Waals surface area contributed by atoms with E-state index < -0.39 is 0 Å². The van der Waals surface area contributed by atoms with E-state index in [0.717, 1.165) is 18.4 Å². The first-order valence-corrected chi connectivity index (χ1v) is 6.55. The number of carbonyl (C=O) groups excluding carboxylic acids is 2. The first-order chi connectivity index (χ1) is 9.22. The Bertz CT molecular complexity index is 523. The number of anilines is 1. The molecular weight excluding hydrogens is 244 g/mol. The third-order valence-corrected chi connectivity index (χ3v) is 3.32. The van der Waals surface area contributed by atoms with E-state index in [1.807, 2.05) is 18.2 Å². The molecule has 5 nitrogen and oxygen atoms in total. The molecule has 1 saturated carbocycles. The SMILES string of the molecule is O=C1CCOc2ccc(CNC(=O)C3CC3)cc2N1. The lowest BCUT2D eigenvalue weighted by Gasteiger charge is -2.10. The summed E-state index contributed by atoms with van der Waals surface area (Å²) in [7, 11) is 0. The fourth-order valence-corrected chi connectivity index (χ4v) is 2.06. The molecule has 1 heterocycles. The van der Waals surface area contributed by atoms with Gasteiger partial charge in [-0.2, -0.15) is 0 Å². The van der Waals surface area contributed by atoms with E-state index in [0.29, 0.717) is 31.0 Å². The molecule has 1 fully saturated rings. The summed E-state index contributed by atoms with van der Waals surface area (Å²) in [4.78, 5) is 23.0. The minimum atomic E-state index is -0.0436. The molecule has 0 bridgehead atoms. The molecule has 0 spiro atoms. The van der Waals surface area contributed by atoms with Gasteiger partial charge in [-0.15, -0.1) is 0 Å². The molecule has 3 rings (SSSR count). The quantitative estimate of drug-likeness (QED) is 0.864. The lowest BCUT2D eigenvalue weighted by molar-refractivity contribution is -0.122. The molecule has 2 aliphatic rings. The monoisotopic (exact) mass is 260 g/mol. The first kappa shape index (κ1) is 12.0. The van der Waals surface area contributed by atoms with Gasteiger partial charge in [-0.1, -0.05) is 6.07 Å². The molecule has 1 aromatic carbocycles.